The maximum Gasteiger partial charge on any atom is 0.238 e. The summed E-state index contributed by atoms with van der Waals surface area (Å²) >= 11 is 1.62. The number of carbonyl (C=O) groups excluding carboxylic acids is 1. The van der Waals surface area contributed by atoms with Gasteiger partial charge in [-0.1, -0.05) is 6.92 Å². The molecule has 0 aliphatic heterocycles. The highest BCUT2D eigenvalue weighted by molar-refractivity contribution is 7.99. The number of amides is 1. The van der Waals surface area contributed by atoms with Crippen molar-refractivity contribution in [2.24, 2.45) is 11.5 Å². The molecule has 10 heavy (non-hydrogen) atoms. The molecule has 4 N–H and O–H groups in total. The van der Waals surface area contributed by atoms with Crippen LogP contribution >= 0.6 is 11.8 Å². The van der Waals surface area contributed by atoms with Gasteiger partial charge in [0.15, 0.2) is 0 Å². The van der Waals surface area contributed by atoms with Crippen molar-refractivity contribution in [3.05, 3.63) is 0 Å². The van der Waals surface area contributed by atoms with Gasteiger partial charge in [0.2, 0.25) is 5.91 Å². The maximum absolute atomic E-state index is 10.6. The Morgan fingerprint density at radius 1 is 1.70 bits per heavy atom. The fourth-order valence-corrected chi connectivity index (χ4v) is 1.16. The largest absolute Gasteiger partial charge is 0.368 e. The molecule has 3 nitrogen and oxygen atoms in total. The fraction of sp³-hybridized carbons (Fsp3) is 0.833. The number of carbonyl (C=O) groups is 1. The molecular formula is C6H14N2OS. The van der Waals surface area contributed by atoms with Crippen molar-refractivity contribution in [1.29, 1.82) is 0 Å². The zero-order valence-electron chi connectivity index (χ0n) is 6.39. The SMILES string of the molecule is CCSC[C@](C)(N)C(N)=O. The van der Waals surface area contributed by atoms with E-state index in [0.29, 0.717) is 5.75 Å². The minimum Gasteiger partial charge on any atom is -0.368 e. The zero-order valence-corrected chi connectivity index (χ0v) is 7.20. The highest BCUT2D eigenvalue weighted by Crippen LogP contribution is 2.08. The van der Waals surface area contributed by atoms with E-state index in [1.807, 2.05) is 6.92 Å². The monoisotopic (exact) mass is 162 g/mol. The Hall–Kier alpha value is -0.220. The molecule has 0 rings (SSSR count). The van der Waals surface area contributed by atoms with Crippen LogP contribution in [0.2, 0.25) is 0 Å². The molecule has 1 amide bonds. The van der Waals surface area contributed by atoms with E-state index in [1.54, 1.807) is 18.7 Å². The number of rotatable bonds is 4. The van der Waals surface area contributed by atoms with Crippen LogP contribution in [0.15, 0.2) is 0 Å². The first-order valence-corrected chi connectivity index (χ1v) is 4.32. The Bertz CT molecular complexity index is 125. The molecular weight excluding hydrogens is 148 g/mol. The highest BCUT2D eigenvalue weighted by Gasteiger charge is 2.24. The third-order valence-electron chi connectivity index (χ3n) is 1.17. The van der Waals surface area contributed by atoms with Crippen LogP contribution < -0.4 is 11.5 Å². The molecule has 0 aliphatic carbocycles. The molecule has 0 bridgehead atoms. The lowest BCUT2D eigenvalue weighted by atomic mass is 10.1. The molecule has 0 saturated heterocycles. The van der Waals surface area contributed by atoms with Crippen LogP contribution in [0.3, 0.4) is 0 Å². The van der Waals surface area contributed by atoms with Crippen molar-refractivity contribution in [1.82, 2.24) is 0 Å². The van der Waals surface area contributed by atoms with E-state index in [9.17, 15) is 4.79 Å². The van der Waals surface area contributed by atoms with Gasteiger partial charge in [0.1, 0.15) is 5.54 Å². The molecule has 4 heteroatoms. The molecule has 0 aromatic rings. The first-order valence-electron chi connectivity index (χ1n) is 3.17. The molecule has 0 fully saturated rings. The third-order valence-corrected chi connectivity index (χ3v) is 2.38. The number of hydrogen-bond donors (Lipinski definition) is 2. The highest BCUT2D eigenvalue weighted by atomic mass is 32.2. The van der Waals surface area contributed by atoms with Gasteiger partial charge in [-0.15, -0.1) is 0 Å². The van der Waals surface area contributed by atoms with E-state index < -0.39 is 11.4 Å². The summed E-state index contributed by atoms with van der Waals surface area (Å²) in [4.78, 5) is 10.6. The van der Waals surface area contributed by atoms with Crippen LogP contribution in [0, 0.1) is 0 Å². The summed E-state index contributed by atoms with van der Waals surface area (Å²) in [7, 11) is 0. The summed E-state index contributed by atoms with van der Waals surface area (Å²) in [5.74, 6) is 1.12. The second-order valence-electron chi connectivity index (χ2n) is 2.42. The fourth-order valence-electron chi connectivity index (χ4n) is 0.385. The average Bonchev–Trinajstić information content (AvgIpc) is 1.84. The first-order chi connectivity index (χ1) is 4.50. The Kier molecular flexibility index (Phi) is 3.75. The smallest absolute Gasteiger partial charge is 0.238 e. The normalized spacial score (nSPS) is 16.3. The van der Waals surface area contributed by atoms with Gasteiger partial charge in [0.05, 0.1) is 0 Å². The van der Waals surface area contributed by atoms with Crippen molar-refractivity contribution in [3.8, 4) is 0 Å². The predicted molar refractivity (Wildman–Crippen MR) is 44.8 cm³/mol. The molecule has 0 spiro atoms. The second-order valence-corrected chi connectivity index (χ2v) is 3.69. The lowest BCUT2D eigenvalue weighted by molar-refractivity contribution is -0.121. The first kappa shape index (κ1) is 9.78. The number of hydrogen-bond acceptors (Lipinski definition) is 3. The van der Waals surface area contributed by atoms with Gasteiger partial charge in [-0.05, 0) is 12.7 Å². The molecule has 0 radical (unpaired) electrons. The van der Waals surface area contributed by atoms with E-state index in [2.05, 4.69) is 0 Å². The van der Waals surface area contributed by atoms with Crippen molar-refractivity contribution in [2.75, 3.05) is 11.5 Å². The predicted octanol–water partition coefficient (Wildman–Crippen LogP) is -0.0578. The zero-order chi connectivity index (χ0) is 8.20. The molecule has 0 aliphatic rings. The number of primary amides is 1. The second kappa shape index (κ2) is 3.83. The Morgan fingerprint density at radius 3 is 2.50 bits per heavy atom. The Balaban J connectivity index is 3.75. The average molecular weight is 162 g/mol. The summed E-state index contributed by atoms with van der Waals surface area (Å²) in [6.45, 7) is 3.67. The molecule has 60 valence electrons. The Labute approximate surface area is 65.5 Å². The van der Waals surface area contributed by atoms with E-state index in [-0.39, 0.29) is 0 Å². The van der Waals surface area contributed by atoms with Crippen LogP contribution in [-0.2, 0) is 4.79 Å². The third kappa shape index (κ3) is 3.08. The minimum absolute atomic E-state index is 0.437. The van der Waals surface area contributed by atoms with E-state index in [4.69, 9.17) is 11.5 Å². The van der Waals surface area contributed by atoms with Crippen LogP contribution in [-0.4, -0.2) is 23.0 Å². The number of thioether (sulfide) groups is 1. The van der Waals surface area contributed by atoms with Crippen LogP contribution in [0.25, 0.3) is 0 Å². The quantitative estimate of drug-likeness (QED) is 0.608. The minimum atomic E-state index is -0.847. The van der Waals surface area contributed by atoms with Crippen molar-refractivity contribution in [2.45, 2.75) is 19.4 Å². The molecule has 0 aromatic heterocycles. The van der Waals surface area contributed by atoms with Crippen LogP contribution in [0.1, 0.15) is 13.8 Å². The standard InChI is InChI=1S/C6H14N2OS/c1-3-10-4-6(2,8)5(7)9/h3-4,8H2,1-2H3,(H2,7,9)/t6-/m0/s1. The summed E-state index contributed by atoms with van der Waals surface area (Å²) in [6.07, 6.45) is 0. The lowest BCUT2D eigenvalue weighted by Gasteiger charge is -2.18. The Morgan fingerprint density at radius 2 is 2.20 bits per heavy atom. The summed E-state index contributed by atoms with van der Waals surface area (Å²) in [5, 5.41) is 0. The topological polar surface area (TPSA) is 69.1 Å². The van der Waals surface area contributed by atoms with Crippen LogP contribution in [0.5, 0.6) is 0 Å². The summed E-state index contributed by atoms with van der Waals surface area (Å²) in [5.41, 5.74) is 9.74. The molecule has 1 atom stereocenters. The van der Waals surface area contributed by atoms with Gasteiger partial charge in [-0.25, -0.2) is 0 Å². The molecule has 0 unspecified atom stereocenters. The van der Waals surface area contributed by atoms with Crippen molar-refractivity contribution < 1.29 is 4.79 Å². The van der Waals surface area contributed by atoms with E-state index in [1.165, 1.54) is 0 Å². The van der Waals surface area contributed by atoms with Gasteiger partial charge in [0.25, 0.3) is 0 Å². The van der Waals surface area contributed by atoms with Gasteiger partial charge in [-0.3, -0.25) is 4.79 Å². The molecule has 0 aromatic carbocycles. The summed E-state index contributed by atoms with van der Waals surface area (Å²) < 4.78 is 0. The molecule has 0 heterocycles. The van der Waals surface area contributed by atoms with Crippen molar-refractivity contribution in [3.63, 3.8) is 0 Å². The van der Waals surface area contributed by atoms with Gasteiger partial charge in [-0.2, -0.15) is 11.8 Å². The van der Waals surface area contributed by atoms with Gasteiger partial charge in [0, 0.05) is 5.75 Å². The van der Waals surface area contributed by atoms with Gasteiger partial charge >= 0.3 is 0 Å². The lowest BCUT2D eigenvalue weighted by Crippen LogP contribution is -2.51. The maximum atomic E-state index is 10.6. The van der Waals surface area contributed by atoms with Gasteiger partial charge < -0.3 is 11.5 Å². The van der Waals surface area contributed by atoms with E-state index >= 15 is 0 Å². The van der Waals surface area contributed by atoms with E-state index in [0.717, 1.165) is 5.75 Å². The van der Waals surface area contributed by atoms with Crippen molar-refractivity contribution >= 4 is 17.7 Å². The number of nitrogens with two attached hydrogens (primary N) is 2. The van der Waals surface area contributed by atoms with Crippen LogP contribution in [0.4, 0.5) is 0 Å². The summed E-state index contributed by atoms with van der Waals surface area (Å²) in [6, 6.07) is 0. The molecule has 0 saturated carbocycles.